The molecule has 3 N–H and O–H groups in total. The number of methoxy groups -OCH3 is 1. The van der Waals surface area contributed by atoms with Crippen LogP contribution >= 0.6 is 0 Å². The van der Waals surface area contributed by atoms with Crippen LogP contribution in [0.25, 0.3) is 10.8 Å². The molecule has 2 aromatic rings. The molecule has 0 aliphatic heterocycles. The maximum absolute atomic E-state index is 11.4. The van der Waals surface area contributed by atoms with Gasteiger partial charge in [-0.25, -0.2) is 4.79 Å². The molecule has 0 radical (unpaired) electrons. The van der Waals surface area contributed by atoms with Crippen LogP contribution in [0.15, 0.2) is 42.5 Å². The summed E-state index contributed by atoms with van der Waals surface area (Å²) in [6.45, 7) is 0. The van der Waals surface area contributed by atoms with Crippen molar-refractivity contribution >= 4 is 16.7 Å². The summed E-state index contributed by atoms with van der Waals surface area (Å²) in [5.74, 6) is -0.310. The van der Waals surface area contributed by atoms with Crippen molar-refractivity contribution in [2.75, 3.05) is 7.11 Å². The molecule has 0 saturated carbocycles. The lowest BCUT2D eigenvalue weighted by atomic mass is 10.0. The first kappa shape index (κ1) is 10.6. The predicted molar refractivity (Wildman–Crippen MR) is 61.6 cm³/mol. The first-order chi connectivity index (χ1) is 7.72. The van der Waals surface area contributed by atoms with Crippen LogP contribution in [0.1, 0.15) is 11.6 Å². The van der Waals surface area contributed by atoms with E-state index in [0.717, 1.165) is 16.3 Å². The Labute approximate surface area is 93.8 Å². The van der Waals surface area contributed by atoms with Gasteiger partial charge in [-0.2, -0.15) is 0 Å². The molecule has 3 heteroatoms. The number of ether oxygens (including phenoxy) is 1. The Bertz CT molecular complexity index is 522. The lowest BCUT2D eigenvalue weighted by Gasteiger charge is -2.07. The largest absolute Gasteiger partial charge is 0.464 e. The van der Waals surface area contributed by atoms with Gasteiger partial charge in [0.15, 0.2) is 0 Å². The Kier molecular flexibility index (Phi) is 2.88. The summed E-state index contributed by atoms with van der Waals surface area (Å²) in [6, 6.07) is 13.4. The van der Waals surface area contributed by atoms with Gasteiger partial charge in [-0.15, -0.1) is 0 Å². The van der Waals surface area contributed by atoms with E-state index in [2.05, 4.69) is 10.5 Å². The molecule has 1 atom stereocenters. The summed E-state index contributed by atoms with van der Waals surface area (Å²) >= 11 is 0. The molecule has 82 valence electrons. The van der Waals surface area contributed by atoms with Gasteiger partial charge in [0.25, 0.3) is 0 Å². The Hall–Kier alpha value is -1.87. The van der Waals surface area contributed by atoms with Crippen LogP contribution in [0, 0.1) is 0 Å². The minimum atomic E-state index is -0.463. The Morgan fingerprint density at radius 2 is 1.88 bits per heavy atom. The smallest absolute Gasteiger partial charge is 0.369 e. The molecule has 0 aromatic heterocycles. The second kappa shape index (κ2) is 4.33. The summed E-state index contributed by atoms with van der Waals surface area (Å²) in [7, 11) is 1.38. The van der Waals surface area contributed by atoms with Crippen LogP contribution in [0.4, 0.5) is 0 Å². The molecule has 0 spiro atoms. The molecule has 0 amide bonds. The second-order valence-electron chi connectivity index (χ2n) is 3.68. The van der Waals surface area contributed by atoms with Gasteiger partial charge in [0, 0.05) is 5.56 Å². The number of carbonyl (C=O) groups is 1. The average molecular weight is 216 g/mol. The van der Waals surface area contributed by atoms with Gasteiger partial charge in [-0.3, -0.25) is 0 Å². The third kappa shape index (κ3) is 1.90. The van der Waals surface area contributed by atoms with Crippen molar-refractivity contribution in [3.05, 3.63) is 48.0 Å². The van der Waals surface area contributed by atoms with Gasteiger partial charge in [-0.05, 0) is 16.8 Å². The van der Waals surface area contributed by atoms with Crippen molar-refractivity contribution in [2.24, 2.45) is 0 Å². The number of hydrogen-bond acceptors (Lipinski definition) is 2. The van der Waals surface area contributed by atoms with Gasteiger partial charge < -0.3 is 10.5 Å². The van der Waals surface area contributed by atoms with Gasteiger partial charge in [0.05, 0.1) is 7.11 Å². The number of fused-ring (bicyclic) bond motifs is 1. The van der Waals surface area contributed by atoms with E-state index in [1.54, 1.807) is 0 Å². The standard InChI is InChI=1S/C13H13NO2/c1-16-13(15)12(14)11-7-6-9-4-2-3-5-10(9)8-11/h2-8,12H,14H2,1H3/p+1/t12-/m1/s1. The van der Waals surface area contributed by atoms with E-state index in [0.29, 0.717) is 0 Å². The third-order valence-electron chi connectivity index (χ3n) is 2.66. The Morgan fingerprint density at radius 3 is 2.56 bits per heavy atom. The predicted octanol–water partition coefficient (Wildman–Crippen LogP) is 1.30. The fraction of sp³-hybridized carbons (Fsp3) is 0.154. The number of rotatable bonds is 2. The number of carbonyl (C=O) groups excluding carboxylic acids is 1. The highest BCUT2D eigenvalue weighted by Crippen LogP contribution is 2.18. The van der Waals surface area contributed by atoms with Gasteiger partial charge in [-0.1, -0.05) is 36.4 Å². The van der Waals surface area contributed by atoms with Crippen molar-refractivity contribution in [1.29, 1.82) is 0 Å². The zero-order chi connectivity index (χ0) is 11.5. The Morgan fingerprint density at radius 1 is 1.19 bits per heavy atom. The maximum atomic E-state index is 11.4. The van der Waals surface area contributed by atoms with E-state index in [1.807, 2.05) is 42.5 Å². The van der Waals surface area contributed by atoms with E-state index in [9.17, 15) is 4.79 Å². The number of esters is 1. The highest BCUT2D eigenvalue weighted by Gasteiger charge is 2.19. The Balaban J connectivity index is 2.43. The first-order valence-corrected chi connectivity index (χ1v) is 5.12. The number of benzene rings is 2. The quantitative estimate of drug-likeness (QED) is 0.769. The molecule has 0 aliphatic rings. The van der Waals surface area contributed by atoms with Crippen LogP contribution < -0.4 is 5.73 Å². The summed E-state index contributed by atoms with van der Waals surface area (Å²) < 4.78 is 4.68. The van der Waals surface area contributed by atoms with Crippen LogP contribution in [0.3, 0.4) is 0 Å². The zero-order valence-electron chi connectivity index (χ0n) is 9.14. The second-order valence-corrected chi connectivity index (χ2v) is 3.68. The average Bonchev–Trinajstić information content (AvgIpc) is 2.36. The van der Waals surface area contributed by atoms with Crippen LogP contribution in [-0.4, -0.2) is 13.1 Å². The fourth-order valence-corrected chi connectivity index (χ4v) is 1.70. The fourth-order valence-electron chi connectivity index (χ4n) is 1.70. The van der Waals surface area contributed by atoms with E-state index >= 15 is 0 Å². The molecule has 0 unspecified atom stereocenters. The highest BCUT2D eigenvalue weighted by molar-refractivity contribution is 5.85. The summed E-state index contributed by atoms with van der Waals surface area (Å²) in [5, 5.41) is 2.26. The van der Waals surface area contributed by atoms with E-state index in [1.165, 1.54) is 7.11 Å². The van der Waals surface area contributed by atoms with Gasteiger partial charge >= 0.3 is 5.97 Å². The molecular weight excluding hydrogens is 202 g/mol. The van der Waals surface area contributed by atoms with E-state index in [4.69, 9.17) is 0 Å². The first-order valence-electron chi connectivity index (χ1n) is 5.12. The molecule has 0 aliphatic carbocycles. The monoisotopic (exact) mass is 216 g/mol. The maximum Gasteiger partial charge on any atom is 0.369 e. The summed E-state index contributed by atoms with van der Waals surface area (Å²) in [6.07, 6.45) is 0. The summed E-state index contributed by atoms with van der Waals surface area (Å²) in [4.78, 5) is 11.4. The zero-order valence-corrected chi connectivity index (χ0v) is 9.14. The third-order valence-corrected chi connectivity index (χ3v) is 2.66. The minimum absolute atomic E-state index is 0.310. The van der Waals surface area contributed by atoms with E-state index < -0.39 is 6.04 Å². The van der Waals surface area contributed by atoms with Crippen molar-refractivity contribution < 1.29 is 15.3 Å². The molecule has 0 saturated heterocycles. The lowest BCUT2D eigenvalue weighted by molar-refractivity contribution is -0.414. The van der Waals surface area contributed by atoms with Crippen LogP contribution in [0.5, 0.6) is 0 Å². The topological polar surface area (TPSA) is 53.9 Å². The van der Waals surface area contributed by atoms with Crippen LogP contribution in [-0.2, 0) is 9.53 Å². The molecule has 3 nitrogen and oxygen atoms in total. The van der Waals surface area contributed by atoms with Crippen molar-refractivity contribution in [3.8, 4) is 0 Å². The minimum Gasteiger partial charge on any atom is -0.464 e. The van der Waals surface area contributed by atoms with Crippen molar-refractivity contribution in [2.45, 2.75) is 6.04 Å². The van der Waals surface area contributed by atoms with Gasteiger partial charge in [0.1, 0.15) is 0 Å². The lowest BCUT2D eigenvalue weighted by Crippen LogP contribution is -2.57. The summed E-state index contributed by atoms with van der Waals surface area (Å²) in [5.41, 5.74) is 4.69. The molecular formula is C13H14NO2+. The molecule has 16 heavy (non-hydrogen) atoms. The molecule has 0 heterocycles. The SMILES string of the molecule is COC(=O)[C@H]([NH3+])c1ccc2ccccc2c1. The highest BCUT2D eigenvalue weighted by atomic mass is 16.5. The van der Waals surface area contributed by atoms with E-state index in [-0.39, 0.29) is 5.97 Å². The van der Waals surface area contributed by atoms with Crippen molar-refractivity contribution in [1.82, 2.24) is 0 Å². The van der Waals surface area contributed by atoms with Crippen molar-refractivity contribution in [3.63, 3.8) is 0 Å². The van der Waals surface area contributed by atoms with Crippen LogP contribution in [0.2, 0.25) is 0 Å². The molecule has 2 rings (SSSR count). The molecule has 2 aromatic carbocycles. The number of quaternary nitrogens is 1. The number of hydrogen-bond donors (Lipinski definition) is 1. The van der Waals surface area contributed by atoms with Gasteiger partial charge in [0.2, 0.25) is 6.04 Å². The molecule has 0 fully saturated rings. The molecule has 0 bridgehead atoms. The normalized spacial score (nSPS) is 12.4.